The first-order chi connectivity index (χ1) is 26.5. The Morgan fingerprint density at radius 2 is 1.30 bits per heavy atom. The molecule has 0 radical (unpaired) electrons. The molecule has 0 bridgehead atoms. The van der Waals surface area contributed by atoms with Gasteiger partial charge in [-0.3, -0.25) is 28.9 Å². The van der Waals surface area contributed by atoms with Crippen LogP contribution in [0.2, 0.25) is 0 Å². The average Bonchev–Trinajstić information content (AvgIpc) is 3.14. The van der Waals surface area contributed by atoms with E-state index in [9.17, 15) is 40.3 Å². The van der Waals surface area contributed by atoms with Gasteiger partial charge in [0.25, 0.3) is 32.1 Å². The minimum Gasteiger partial charge on any atom is -0.399 e. The topological polar surface area (TPSA) is 259 Å². The maximum atomic E-state index is 13.4. The largest absolute Gasteiger partial charge is 0.399 e. The summed E-state index contributed by atoms with van der Waals surface area (Å²) < 4.78 is 66.8. The van der Waals surface area contributed by atoms with Crippen LogP contribution in [0.3, 0.4) is 0 Å². The standard InChI is InChI=1S/C38H31N7O9S2/c1-21-17-28(41-38(48)24-5-9-27(10-6-24)40-37(47)23-3-7-26(39)8-4-23)12-15-32(21)43-42-29-11-14-31-25(19-29)20-34(56(52,53)54)35(36(31)46)45-44-33-16-13-30(18-22(33)2)55(49,50)51/h3-20,44H,39H2,1-2H3,(H,40,47)(H,41,48)(H,49,50,51)(H,52,53,54)/b43-42?,45-35-. The molecule has 6 rings (SSSR count). The maximum Gasteiger partial charge on any atom is 0.296 e. The molecule has 7 N–H and O–H groups in total. The van der Waals surface area contributed by atoms with Gasteiger partial charge in [0.05, 0.1) is 22.0 Å². The van der Waals surface area contributed by atoms with Gasteiger partial charge in [-0.15, -0.1) is 0 Å². The minimum atomic E-state index is -4.96. The lowest BCUT2D eigenvalue weighted by Gasteiger charge is -2.17. The van der Waals surface area contributed by atoms with E-state index in [0.717, 1.165) is 18.2 Å². The fraction of sp³-hybridized carbons (Fsp3) is 0.0526. The number of ketones is 1. The molecule has 56 heavy (non-hydrogen) atoms. The van der Waals surface area contributed by atoms with Crippen LogP contribution in [0.15, 0.2) is 128 Å². The summed E-state index contributed by atoms with van der Waals surface area (Å²) in [4.78, 5) is 37.7. The van der Waals surface area contributed by atoms with E-state index in [2.05, 4.69) is 31.4 Å². The van der Waals surface area contributed by atoms with Crippen molar-refractivity contribution >= 4 is 83.7 Å². The number of aryl methyl sites for hydroxylation is 2. The number of carbonyl (C=O) groups excluding carboxylic acids is 3. The van der Waals surface area contributed by atoms with E-state index in [1.165, 1.54) is 31.2 Å². The first-order valence-corrected chi connectivity index (χ1v) is 19.2. The molecule has 16 nitrogen and oxygen atoms in total. The van der Waals surface area contributed by atoms with Crippen molar-refractivity contribution in [3.05, 3.63) is 141 Å². The first kappa shape index (κ1) is 38.9. The van der Waals surface area contributed by atoms with Gasteiger partial charge in [0.1, 0.15) is 4.91 Å². The number of fused-ring (bicyclic) bond motifs is 1. The van der Waals surface area contributed by atoms with E-state index in [1.807, 2.05) is 0 Å². The molecule has 5 aromatic rings. The molecule has 0 heterocycles. The average molecular weight is 794 g/mol. The van der Waals surface area contributed by atoms with Crippen LogP contribution in [0.4, 0.5) is 34.1 Å². The predicted octanol–water partition coefficient (Wildman–Crippen LogP) is 6.95. The van der Waals surface area contributed by atoms with Crippen LogP contribution in [0.5, 0.6) is 0 Å². The monoisotopic (exact) mass is 793 g/mol. The van der Waals surface area contributed by atoms with E-state index in [0.29, 0.717) is 45.0 Å². The highest BCUT2D eigenvalue weighted by Crippen LogP contribution is 2.31. The van der Waals surface area contributed by atoms with Crippen LogP contribution in [-0.4, -0.2) is 49.3 Å². The number of nitrogens with one attached hydrogen (secondary N) is 3. The number of hydrogen-bond acceptors (Lipinski definition) is 12. The number of benzene rings is 5. The van der Waals surface area contributed by atoms with E-state index in [-0.39, 0.29) is 39.2 Å². The van der Waals surface area contributed by atoms with Crippen molar-refractivity contribution in [1.29, 1.82) is 0 Å². The molecule has 1 aliphatic rings. The smallest absolute Gasteiger partial charge is 0.296 e. The van der Waals surface area contributed by atoms with Crippen molar-refractivity contribution in [2.24, 2.45) is 15.3 Å². The number of allylic oxidation sites excluding steroid dienone is 1. The van der Waals surface area contributed by atoms with Crippen LogP contribution in [0, 0.1) is 13.8 Å². The molecule has 0 saturated carbocycles. The summed E-state index contributed by atoms with van der Waals surface area (Å²) >= 11 is 0. The zero-order valence-electron chi connectivity index (χ0n) is 29.4. The Kier molecular flexibility index (Phi) is 10.7. The lowest BCUT2D eigenvalue weighted by molar-refractivity contribution is 0.102. The predicted molar refractivity (Wildman–Crippen MR) is 211 cm³/mol. The Labute approximate surface area is 320 Å². The first-order valence-electron chi connectivity index (χ1n) is 16.4. The summed E-state index contributed by atoms with van der Waals surface area (Å²) in [7, 11) is -9.43. The second kappa shape index (κ2) is 15.5. The number of anilines is 4. The zero-order chi connectivity index (χ0) is 40.4. The van der Waals surface area contributed by atoms with Crippen LogP contribution in [0.25, 0.3) is 6.08 Å². The third kappa shape index (κ3) is 8.91. The normalized spacial score (nSPS) is 13.6. The van der Waals surface area contributed by atoms with Crippen LogP contribution in [-0.2, 0) is 20.2 Å². The van der Waals surface area contributed by atoms with E-state index < -0.39 is 36.6 Å². The van der Waals surface area contributed by atoms with Crippen molar-refractivity contribution in [1.82, 2.24) is 0 Å². The van der Waals surface area contributed by atoms with Crippen LogP contribution < -0.4 is 21.8 Å². The Hall–Kier alpha value is -6.86. The van der Waals surface area contributed by atoms with Gasteiger partial charge in [-0.1, -0.05) is 0 Å². The number of nitrogen functional groups attached to an aromatic ring is 1. The molecular weight excluding hydrogens is 763 g/mol. The third-order valence-electron chi connectivity index (χ3n) is 8.38. The fourth-order valence-corrected chi connectivity index (χ4v) is 6.66. The zero-order valence-corrected chi connectivity index (χ0v) is 31.0. The Balaban J connectivity index is 1.14. The Bertz CT molecular complexity index is 2750. The van der Waals surface area contributed by atoms with Crippen LogP contribution in [0.1, 0.15) is 47.8 Å². The highest BCUT2D eigenvalue weighted by molar-refractivity contribution is 7.91. The van der Waals surface area contributed by atoms with Gasteiger partial charge in [0, 0.05) is 33.8 Å². The molecule has 2 amide bonds. The molecular formula is C38H31N7O9S2. The fourth-order valence-electron chi connectivity index (χ4n) is 5.43. The van der Waals surface area contributed by atoms with E-state index >= 15 is 0 Å². The molecule has 0 spiro atoms. The van der Waals surface area contributed by atoms with Gasteiger partial charge in [-0.25, -0.2) is 0 Å². The molecule has 1 aliphatic carbocycles. The summed E-state index contributed by atoms with van der Waals surface area (Å²) in [5.41, 5.74) is 11.9. The molecule has 5 aromatic carbocycles. The Morgan fingerprint density at radius 1 is 0.679 bits per heavy atom. The SMILES string of the molecule is Cc1cc(NC(=O)c2ccc(NC(=O)c3ccc(N)cc3)cc2)ccc1N=Nc1ccc2c(c1)C=C(S(=O)(=O)O)/C(=N/Nc1ccc(S(=O)(=O)O)cc1C)C2=O. The molecule has 18 heteroatoms. The number of nitrogens with zero attached hydrogens (tertiary/aromatic N) is 3. The highest BCUT2D eigenvalue weighted by Gasteiger charge is 2.33. The molecule has 0 saturated heterocycles. The number of carbonyl (C=O) groups is 3. The molecule has 284 valence electrons. The number of hydrogen-bond donors (Lipinski definition) is 6. The number of azo groups is 1. The van der Waals surface area contributed by atoms with Crippen molar-refractivity contribution in [2.45, 2.75) is 18.7 Å². The molecule has 0 atom stereocenters. The molecule has 0 aromatic heterocycles. The number of amides is 2. The lowest BCUT2D eigenvalue weighted by atomic mass is 9.94. The van der Waals surface area contributed by atoms with Gasteiger partial charge >= 0.3 is 0 Å². The third-order valence-corrected chi connectivity index (χ3v) is 10.1. The van der Waals surface area contributed by atoms with Gasteiger partial charge < -0.3 is 16.4 Å². The van der Waals surface area contributed by atoms with Crippen molar-refractivity contribution in [3.8, 4) is 0 Å². The second-order valence-corrected chi connectivity index (χ2v) is 15.2. The van der Waals surface area contributed by atoms with Gasteiger partial charge in [-0.2, -0.15) is 32.2 Å². The summed E-state index contributed by atoms with van der Waals surface area (Å²) in [5, 5.41) is 18.0. The minimum absolute atomic E-state index is 0.0594. The van der Waals surface area contributed by atoms with Crippen LogP contribution >= 0.6 is 0 Å². The highest BCUT2D eigenvalue weighted by atomic mass is 32.2. The van der Waals surface area contributed by atoms with E-state index in [1.54, 1.807) is 73.7 Å². The summed E-state index contributed by atoms with van der Waals surface area (Å²) in [6.07, 6.45) is 1.06. The quantitative estimate of drug-likeness (QED) is 0.0365. The number of Topliss-reactive ketones (excluding diaryl/α,β-unsaturated/α-hetero) is 1. The molecule has 0 fully saturated rings. The van der Waals surface area contributed by atoms with Gasteiger partial charge in [0.2, 0.25) is 5.78 Å². The number of rotatable bonds is 10. The van der Waals surface area contributed by atoms with E-state index in [4.69, 9.17) is 5.73 Å². The number of nitrogens with two attached hydrogens (primary N) is 1. The second-order valence-electron chi connectivity index (χ2n) is 12.4. The van der Waals surface area contributed by atoms with Crippen molar-refractivity contribution < 1.29 is 40.3 Å². The molecule has 0 unspecified atom stereocenters. The van der Waals surface area contributed by atoms with Gasteiger partial charge in [0.15, 0.2) is 5.71 Å². The van der Waals surface area contributed by atoms with Crippen molar-refractivity contribution in [3.63, 3.8) is 0 Å². The van der Waals surface area contributed by atoms with Crippen molar-refractivity contribution in [2.75, 3.05) is 21.8 Å². The Morgan fingerprint density at radius 3 is 1.91 bits per heavy atom. The number of hydrazone groups is 1. The maximum absolute atomic E-state index is 13.4. The molecule has 0 aliphatic heterocycles. The lowest BCUT2D eigenvalue weighted by Crippen LogP contribution is -2.27. The summed E-state index contributed by atoms with van der Waals surface area (Å²) in [5.74, 6) is -1.54. The summed E-state index contributed by atoms with van der Waals surface area (Å²) in [6, 6.07) is 25.6. The van der Waals surface area contributed by atoms with Gasteiger partial charge in [-0.05, 0) is 140 Å². The summed E-state index contributed by atoms with van der Waals surface area (Å²) in [6.45, 7) is 3.25.